The molecule has 1 atom stereocenters. The number of halogens is 1. The molecule has 1 aromatic carbocycles. The van der Waals surface area contributed by atoms with E-state index >= 15 is 0 Å². The van der Waals surface area contributed by atoms with Crippen molar-refractivity contribution in [2.75, 3.05) is 6.61 Å². The molecule has 36 heavy (non-hydrogen) atoms. The lowest BCUT2D eigenvalue weighted by atomic mass is 9.90. The van der Waals surface area contributed by atoms with Crippen molar-refractivity contribution >= 4 is 16.8 Å². The molecule has 4 heterocycles. The van der Waals surface area contributed by atoms with Crippen molar-refractivity contribution in [3.05, 3.63) is 87.6 Å². The zero-order valence-corrected chi connectivity index (χ0v) is 19.7. The van der Waals surface area contributed by atoms with Crippen LogP contribution in [-0.4, -0.2) is 32.3 Å². The Hall–Kier alpha value is -3.98. The molecule has 0 spiro atoms. The second kappa shape index (κ2) is 8.60. The highest BCUT2D eigenvalue weighted by Gasteiger charge is 2.33. The minimum atomic E-state index is -1.64. The van der Waals surface area contributed by atoms with E-state index < -0.39 is 5.67 Å². The number of rotatable bonds is 5. The fourth-order valence-electron chi connectivity index (χ4n) is 4.54. The summed E-state index contributed by atoms with van der Waals surface area (Å²) >= 11 is 0. The highest BCUT2D eigenvalue weighted by molar-refractivity contribution is 5.94. The number of carbonyl (C=O) groups excluding carboxylic acids is 1. The summed E-state index contributed by atoms with van der Waals surface area (Å²) in [5.41, 5.74) is 2.19. The van der Waals surface area contributed by atoms with Crippen molar-refractivity contribution in [2.45, 2.75) is 44.6 Å². The van der Waals surface area contributed by atoms with E-state index in [1.54, 1.807) is 48.8 Å². The third kappa shape index (κ3) is 4.15. The molecule has 1 N–H and O–H groups in total. The lowest BCUT2D eigenvalue weighted by Gasteiger charge is -2.29. The van der Waals surface area contributed by atoms with Crippen molar-refractivity contribution < 1.29 is 13.9 Å². The van der Waals surface area contributed by atoms with Crippen molar-refractivity contribution in [1.29, 1.82) is 0 Å². The Morgan fingerprint density at radius 2 is 2.08 bits per heavy atom. The fourth-order valence-corrected chi connectivity index (χ4v) is 4.54. The number of benzene rings is 1. The van der Waals surface area contributed by atoms with Crippen LogP contribution < -0.4 is 10.9 Å². The van der Waals surface area contributed by atoms with E-state index in [4.69, 9.17) is 4.74 Å². The van der Waals surface area contributed by atoms with Crippen molar-refractivity contribution in [3.63, 3.8) is 0 Å². The molecule has 6 rings (SSSR count). The average molecular weight is 486 g/mol. The van der Waals surface area contributed by atoms with Crippen LogP contribution in [0.15, 0.2) is 59.7 Å². The van der Waals surface area contributed by atoms with Gasteiger partial charge in [-0.05, 0) is 67.3 Å². The van der Waals surface area contributed by atoms with Crippen LogP contribution >= 0.6 is 0 Å². The first-order valence-corrected chi connectivity index (χ1v) is 11.9. The Bertz CT molecular complexity index is 1560. The van der Waals surface area contributed by atoms with E-state index in [1.165, 1.54) is 11.6 Å². The molecule has 1 amide bonds. The normalized spacial score (nSPS) is 19.2. The molecule has 1 aliphatic carbocycles. The van der Waals surface area contributed by atoms with Crippen LogP contribution in [0.3, 0.4) is 0 Å². The first-order chi connectivity index (χ1) is 17.4. The van der Waals surface area contributed by atoms with Gasteiger partial charge in [-0.1, -0.05) is 6.07 Å². The topological polar surface area (TPSA) is 99.0 Å². The second-order valence-corrected chi connectivity index (χ2v) is 9.54. The van der Waals surface area contributed by atoms with Crippen molar-refractivity contribution in [3.8, 4) is 11.3 Å². The van der Waals surface area contributed by atoms with Gasteiger partial charge in [0.05, 0.1) is 48.3 Å². The lowest BCUT2D eigenvalue weighted by Crippen LogP contribution is -2.30. The van der Waals surface area contributed by atoms with E-state index in [0.29, 0.717) is 40.2 Å². The van der Waals surface area contributed by atoms with Gasteiger partial charge in [0.1, 0.15) is 0 Å². The molecule has 0 saturated heterocycles. The average Bonchev–Trinajstić information content (AvgIpc) is 3.72. The van der Waals surface area contributed by atoms with E-state index in [-0.39, 0.29) is 30.7 Å². The number of carbonyl (C=O) groups is 1. The van der Waals surface area contributed by atoms with E-state index in [0.717, 1.165) is 23.8 Å². The third-order valence-electron chi connectivity index (χ3n) is 6.66. The van der Waals surface area contributed by atoms with Crippen molar-refractivity contribution in [1.82, 2.24) is 25.1 Å². The maximum atomic E-state index is 14.9. The minimum Gasteiger partial charge on any atom is -0.373 e. The van der Waals surface area contributed by atoms with Gasteiger partial charge in [0.15, 0.2) is 5.67 Å². The Morgan fingerprint density at radius 3 is 2.92 bits per heavy atom. The zero-order chi connectivity index (χ0) is 24.9. The largest absolute Gasteiger partial charge is 0.373 e. The molecule has 1 fully saturated rings. The number of alkyl halides is 1. The van der Waals surface area contributed by atoms with Gasteiger partial charge in [-0.25, -0.2) is 14.1 Å². The molecule has 4 aromatic rings. The summed E-state index contributed by atoms with van der Waals surface area (Å²) in [7, 11) is 0. The first-order valence-electron chi connectivity index (χ1n) is 11.9. The van der Waals surface area contributed by atoms with Gasteiger partial charge < -0.3 is 10.1 Å². The molecule has 9 heteroatoms. The van der Waals surface area contributed by atoms with Crippen LogP contribution in [0.4, 0.5) is 4.39 Å². The van der Waals surface area contributed by atoms with Gasteiger partial charge in [0.25, 0.3) is 11.5 Å². The minimum absolute atomic E-state index is 0.0328. The van der Waals surface area contributed by atoms with E-state index in [2.05, 4.69) is 20.4 Å². The van der Waals surface area contributed by atoms with Crippen LogP contribution in [-0.2, 0) is 23.6 Å². The highest BCUT2D eigenvalue weighted by atomic mass is 19.1. The smallest absolute Gasteiger partial charge is 0.276 e. The zero-order valence-electron chi connectivity index (χ0n) is 19.7. The molecule has 1 saturated carbocycles. The summed E-state index contributed by atoms with van der Waals surface area (Å²) in [6.07, 6.45) is 5.26. The fraction of sp³-hybridized carbons (Fsp3) is 0.296. The van der Waals surface area contributed by atoms with Gasteiger partial charge in [-0.15, -0.1) is 0 Å². The molecule has 0 radical (unpaired) electrons. The molecule has 0 bridgehead atoms. The predicted molar refractivity (Wildman–Crippen MR) is 131 cm³/mol. The Morgan fingerprint density at radius 1 is 1.22 bits per heavy atom. The van der Waals surface area contributed by atoms with Gasteiger partial charge in [0, 0.05) is 23.3 Å². The first kappa shape index (κ1) is 22.5. The summed E-state index contributed by atoms with van der Waals surface area (Å²) in [5.74, 6) is -0.318. The Labute approximate surface area is 206 Å². The summed E-state index contributed by atoms with van der Waals surface area (Å²) in [4.78, 5) is 34.8. The van der Waals surface area contributed by atoms with Gasteiger partial charge in [-0.3, -0.25) is 14.6 Å². The molecule has 8 nitrogen and oxygen atoms in total. The third-order valence-corrected chi connectivity index (χ3v) is 6.66. The maximum absolute atomic E-state index is 14.9. The summed E-state index contributed by atoms with van der Waals surface area (Å²) in [5, 5.41) is 7.88. The number of pyridine rings is 2. The van der Waals surface area contributed by atoms with Crippen LogP contribution in [0.25, 0.3) is 22.2 Å². The molecule has 3 aromatic heterocycles. The number of nitrogens with zero attached hydrogens (tertiary/aromatic N) is 4. The summed E-state index contributed by atoms with van der Waals surface area (Å²) in [6, 6.07) is 12.3. The van der Waals surface area contributed by atoms with Crippen molar-refractivity contribution in [2.24, 2.45) is 0 Å². The molecule has 2 aliphatic rings. The standard InChI is InChI=1S/C27H24FN5O3/c1-27(28)15-36-14-18-3-2-16(10-22(18)27)25(34)30-13-19-11-24-17(12-29-19)4-7-23(32-24)21-8-9-31-33(26(21)35)20-5-6-20/h2-4,7-12,20H,5-6,13-15H2,1H3,(H,30,34)/t27-/m1/s1. The summed E-state index contributed by atoms with van der Waals surface area (Å²) < 4.78 is 21.7. The predicted octanol–water partition coefficient (Wildman–Crippen LogP) is 3.83. The quantitative estimate of drug-likeness (QED) is 0.461. The molecule has 182 valence electrons. The molecular weight excluding hydrogens is 461 g/mol. The van der Waals surface area contributed by atoms with Crippen LogP contribution in [0.1, 0.15) is 53.0 Å². The Kier molecular flexibility index (Phi) is 5.37. The molecular formula is C27H24FN5O3. The van der Waals surface area contributed by atoms with E-state index in [1.807, 2.05) is 6.07 Å². The monoisotopic (exact) mass is 485 g/mol. The van der Waals surface area contributed by atoms with Gasteiger partial charge in [0.2, 0.25) is 0 Å². The lowest BCUT2D eigenvalue weighted by molar-refractivity contribution is -0.00467. The number of fused-ring (bicyclic) bond motifs is 2. The number of nitrogens with one attached hydrogen (secondary N) is 1. The number of hydrogen-bond donors (Lipinski definition) is 1. The van der Waals surface area contributed by atoms with Crippen LogP contribution in [0.2, 0.25) is 0 Å². The van der Waals surface area contributed by atoms with Gasteiger partial charge >= 0.3 is 0 Å². The summed E-state index contributed by atoms with van der Waals surface area (Å²) in [6.45, 7) is 1.94. The van der Waals surface area contributed by atoms with Gasteiger partial charge in [-0.2, -0.15) is 5.10 Å². The number of aromatic nitrogens is 4. The maximum Gasteiger partial charge on any atom is 0.276 e. The number of ether oxygens (including phenoxy) is 1. The number of hydrogen-bond acceptors (Lipinski definition) is 6. The van der Waals surface area contributed by atoms with Crippen LogP contribution in [0.5, 0.6) is 0 Å². The second-order valence-electron chi connectivity index (χ2n) is 9.54. The Balaban J connectivity index is 1.22. The highest BCUT2D eigenvalue weighted by Crippen LogP contribution is 2.34. The number of amides is 1. The SMILES string of the molecule is C[C@@]1(F)COCc2ccc(C(=O)NCc3cc4nc(-c5ccnn(C6CC6)c5=O)ccc4cn3)cc21. The molecule has 0 unspecified atom stereocenters. The molecule has 1 aliphatic heterocycles. The van der Waals surface area contributed by atoms with E-state index in [9.17, 15) is 14.0 Å². The van der Waals surface area contributed by atoms with Crippen LogP contribution in [0, 0.1) is 0 Å².